The van der Waals surface area contributed by atoms with Crippen molar-refractivity contribution in [2.45, 2.75) is 13.3 Å². The van der Waals surface area contributed by atoms with Crippen molar-refractivity contribution >= 4 is 21.7 Å². The van der Waals surface area contributed by atoms with Gasteiger partial charge in [-0.3, -0.25) is 4.79 Å². The third-order valence-corrected chi connectivity index (χ3v) is 3.10. The second-order valence-electron chi connectivity index (χ2n) is 3.69. The average molecular weight is 315 g/mol. The van der Waals surface area contributed by atoms with Gasteiger partial charge in [-0.2, -0.15) is 0 Å². The van der Waals surface area contributed by atoms with E-state index in [-0.39, 0.29) is 15.8 Å². The minimum Gasteiger partial charge on any atom is -0.458 e. The van der Waals surface area contributed by atoms with Crippen LogP contribution in [0, 0.1) is 11.6 Å². The van der Waals surface area contributed by atoms with Gasteiger partial charge in [0.1, 0.15) is 17.4 Å². The van der Waals surface area contributed by atoms with Gasteiger partial charge in [0.05, 0.1) is 10.0 Å². The molecule has 0 N–H and O–H groups in total. The molecular weight excluding hydrogens is 306 g/mol. The molecule has 1 heterocycles. The second-order valence-corrected chi connectivity index (χ2v) is 4.55. The van der Waals surface area contributed by atoms with Crippen molar-refractivity contribution in [2.75, 3.05) is 0 Å². The highest BCUT2D eigenvalue weighted by Gasteiger charge is 2.19. The Bertz CT molecular complexity index is 605. The van der Waals surface area contributed by atoms with Crippen LogP contribution < -0.4 is 0 Å². The van der Waals surface area contributed by atoms with Crippen molar-refractivity contribution in [3.05, 3.63) is 57.5 Å². The SMILES string of the molecule is CCc1ccc(C(=O)c2cc(F)c(Br)cc2F)o1. The summed E-state index contributed by atoms with van der Waals surface area (Å²) < 4.78 is 32.1. The molecule has 2 aromatic rings. The Hall–Kier alpha value is -1.49. The maximum absolute atomic E-state index is 13.6. The van der Waals surface area contributed by atoms with Crippen molar-refractivity contribution in [3.8, 4) is 0 Å². The number of hydrogen-bond donors (Lipinski definition) is 0. The van der Waals surface area contributed by atoms with Crippen LogP contribution >= 0.6 is 15.9 Å². The Balaban J connectivity index is 2.42. The maximum Gasteiger partial charge on any atom is 0.231 e. The molecule has 18 heavy (non-hydrogen) atoms. The zero-order valence-corrected chi connectivity index (χ0v) is 11.1. The van der Waals surface area contributed by atoms with Crippen molar-refractivity contribution in [1.82, 2.24) is 0 Å². The Morgan fingerprint density at radius 3 is 2.61 bits per heavy atom. The van der Waals surface area contributed by atoms with Crippen LogP contribution in [0.5, 0.6) is 0 Å². The minimum absolute atomic E-state index is 0.00692. The highest BCUT2D eigenvalue weighted by molar-refractivity contribution is 9.10. The molecule has 0 saturated carbocycles. The summed E-state index contributed by atoms with van der Waals surface area (Å²) in [5.41, 5.74) is -0.340. The van der Waals surface area contributed by atoms with Crippen LogP contribution in [-0.2, 0) is 6.42 Å². The summed E-state index contributed by atoms with van der Waals surface area (Å²) in [4.78, 5) is 11.9. The quantitative estimate of drug-likeness (QED) is 0.630. The topological polar surface area (TPSA) is 30.2 Å². The van der Waals surface area contributed by atoms with Crippen LogP contribution in [0.4, 0.5) is 8.78 Å². The van der Waals surface area contributed by atoms with E-state index in [1.165, 1.54) is 6.07 Å². The number of rotatable bonds is 3. The number of hydrogen-bond acceptors (Lipinski definition) is 2. The predicted octanol–water partition coefficient (Wildman–Crippen LogP) is 4.11. The number of halogens is 3. The van der Waals surface area contributed by atoms with E-state index in [0.29, 0.717) is 12.2 Å². The first-order valence-corrected chi connectivity index (χ1v) is 6.10. The first-order valence-electron chi connectivity index (χ1n) is 5.31. The molecule has 1 aromatic heterocycles. The zero-order chi connectivity index (χ0) is 13.3. The lowest BCUT2D eigenvalue weighted by molar-refractivity contribution is 0.100. The molecular formula is C13H9BrF2O2. The molecule has 0 aliphatic carbocycles. The van der Waals surface area contributed by atoms with Gasteiger partial charge in [-0.15, -0.1) is 0 Å². The third-order valence-electron chi connectivity index (χ3n) is 2.49. The fourth-order valence-electron chi connectivity index (χ4n) is 1.52. The van der Waals surface area contributed by atoms with E-state index >= 15 is 0 Å². The van der Waals surface area contributed by atoms with Crippen molar-refractivity contribution in [3.63, 3.8) is 0 Å². The summed E-state index contributed by atoms with van der Waals surface area (Å²) in [6, 6.07) is 4.88. The molecule has 1 aromatic carbocycles. The molecule has 0 saturated heterocycles. The van der Waals surface area contributed by atoms with E-state index < -0.39 is 17.4 Å². The summed E-state index contributed by atoms with van der Waals surface area (Å²) in [7, 11) is 0. The van der Waals surface area contributed by atoms with Gasteiger partial charge < -0.3 is 4.42 Å². The molecule has 0 radical (unpaired) electrons. The highest BCUT2D eigenvalue weighted by atomic mass is 79.9. The first kappa shape index (κ1) is 13.0. The van der Waals surface area contributed by atoms with Gasteiger partial charge in [-0.25, -0.2) is 8.78 Å². The predicted molar refractivity (Wildman–Crippen MR) is 65.6 cm³/mol. The van der Waals surface area contributed by atoms with Crippen LogP contribution in [-0.4, -0.2) is 5.78 Å². The third kappa shape index (κ3) is 2.36. The number of ketones is 1. The lowest BCUT2D eigenvalue weighted by atomic mass is 10.1. The van der Waals surface area contributed by atoms with Gasteiger partial charge in [-0.1, -0.05) is 6.92 Å². The fourth-order valence-corrected chi connectivity index (χ4v) is 1.83. The molecule has 0 fully saturated rings. The molecule has 0 bridgehead atoms. The van der Waals surface area contributed by atoms with E-state index in [9.17, 15) is 13.6 Å². The van der Waals surface area contributed by atoms with Gasteiger partial charge >= 0.3 is 0 Å². The van der Waals surface area contributed by atoms with E-state index in [1.807, 2.05) is 6.92 Å². The lowest BCUT2D eigenvalue weighted by Crippen LogP contribution is -2.04. The molecule has 0 unspecified atom stereocenters. The van der Waals surface area contributed by atoms with E-state index in [1.54, 1.807) is 6.07 Å². The molecule has 2 nitrogen and oxygen atoms in total. The van der Waals surface area contributed by atoms with Crippen LogP contribution in [0.1, 0.15) is 28.8 Å². The molecule has 2 rings (SSSR count). The van der Waals surface area contributed by atoms with Crippen LogP contribution in [0.15, 0.2) is 33.2 Å². The van der Waals surface area contributed by atoms with E-state index in [4.69, 9.17) is 4.42 Å². The largest absolute Gasteiger partial charge is 0.458 e. The molecule has 0 aliphatic heterocycles. The summed E-state index contributed by atoms with van der Waals surface area (Å²) in [6.45, 7) is 1.87. The van der Waals surface area contributed by atoms with Crippen molar-refractivity contribution in [1.29, 1.82) is 0 Å². The Morgan fingerprint density at radius 2 is 2.00 bits per heavy atom. The Labute approximate surface area is 111 Å². The highest BCUT2D eigenvalue weighted by Crippen LogP contribution is 2.22. The fraction of sp³-hybridized carbons (Fsp3) is 0.154. The normalized spacial score (nSPS) is 10.7. The van der Waals surface area contributed by atoms with Crippen LogP contribution in [0.3, 0.4) is 0 Å². The van der Waals surface area contributed by atoms with Gasteiger partial charge in [0.15, 0.2) is 5.76 Å². The smallest absolute Gasteiger partial charge is 0.231 e. The minimum atomic E-state index is -0.789. The lowest BCUT2D eigenvalue weighted by Gasteiger charge is -2.02. The monoisotopic (exact) mass is 314 g/mol. The Morgan fingerprint density at radius 1 is 1.28 bits per heavy atom. The van der Waals surface area contributed by atoms with Crippen LogP contribution in [0.2, 0.25) is 0 Å². The summed E-state index contributed by atoms with van der Waals surface area (Å²) in [5.74, 6) is -1.52. The maximum atomic E-state index is 13.6. The van der Waals surface area contributed by atoms with E-state index in [2.05, 4.69) is 15.9 Å². The summed E-state index contributed by atoms with van der Waals surface area (Å²) >= 11 is 2.85. The second kappa shape index (κ2) is 5.02. The van der Waals surface area contributed by atoms with Gasteiger partial charge in [0, 0.05) is 6.42 Å². The molecule has 94 valence electrons. The molecule has 0 atom stereocenters. The molecule has 5 heteroatoms. The van der Waals surface area contributed by atoms with Crippen molar-refractivity contribution in [2.24, 2.45) is 0 Å². The molecule has 0 aliphatic rings. The number of carbonyl (C=O) groups excluding carboxylic acids is 1. The Kier molecular flexibility index (Phi) is 3.61. The van der Waals surface area contributed by atoms with Crippen molar-refractivity contribution < 1.29 is 18.0 Å². The van der Waals surface area contributed by atoms with Gasteiger partial charge in [0.2, 0.25) is 5.78 Å². The van der Waals surface area contributed by atoms with Crippen LogP contribution in [0.25, 0.3) is 0 Å². The van der Waals surface area contributed by atoms with Gasteiger partial charge in [0.25, 0.3) is 0 Å². The first-order chi connectivity index (χ1) is 8.52. The number of furan rings is 1. The number of carbonyl (C=O) groups is 1. The summed E-state index contributed by atoms with van der Waals surface area (Å²) in [5, 5.41) is 0. The number of aryl methyl sites for hydroxylation is 1. The standard InChI is InChI=1S/C13H9BrF2O2/c1-2-7-3-4-12(18-7)13(17)8-5-11(16)9(14)6-10(8)15/h3-6H,2H2,1H3. The zero-order valence-electron chi connectivity index (χ0n) is 9.47. The summed E-state index contributed by atoms with van der Waals surface area (Å²) in [6.07, 6.45) is 0.629. The average Bonchev–Trinajstić information content (AvgIpc) is 2.81. The number of benzene rings is 1. The molecule has 0 amide bonds. The van der Waals surface area contributed by atoms with E-state index in [0.717, 1.165) is 12.1 Å². The van der Waals surface area contributed by atoms with Gasteiger partial charge in [-0.05, 0) is 40.2 Å². The molecule has 0 spiro atoms.